The van der Waals surface area contributed by atoms with Gasteiger partial charge in [0.25, 0.3) is 5.91 Å². The summed E-state index contributed by atoms with van der Waals surface area (Å²) in [5, 5.41) is 6.93. The van der Waals surface area contributed by atoms with Gasteiger partial charge in [-0.3, -0.25) is 14.4 Å². The molecule has 0 spiro atoms. The number of rotatable bonds is 4. The molecule has 1 aromatic carbocycles. The lowest BCUT2D eigenvalue weighted by Crippen LogP contribution is -2.40. The van der Waals surface area contributed by atoms with Crippen LogP contribution in [-0.2, 0) is 18.3 Å². The first kappa shape index (κ1) is 15.7. The summed E-state index contributed by atoms with van der Waals surface area (Å²) in [6.45, 7) is 5.66. The predicted octanol–water partition coefficient (Wildman–Crippen LogP) is 1.89. The van der Waals surface area contributed by atoms with Gasteiger partial charge in [0.05, 0.1) is 12.7 Å². The van der Waals surface area contributed by atoms with Crippen LogP contribution in [0.2, 0.25) is 0 Å². The number of nitrogens with zero attached hydrogens (tertiary/aromatic N) is 3. The maximum Gasteiger partial charge on any atom is 0.256 e. The predicted molar refractivity (Wildman–Crippen MR) is 88.3 cm³/mol. The number of hydrogen-bond donors (Lipinski definition) is 1. The zero-order valence-corrected chi connectivity index (χ0v) is 13.5. The van der Waals surface area contributed by atoms with E-state index in [0.29, 0.717) is 11.4 Å². The molecule has 1 unspecified atom stereocenters. The first-order valence-corrected chi connectivity index (χ1v) is 7.84. The van der Waals surface area contributed by atoms with Crippen molar-refractivity contribution < 1.29 is 9.53 Å². The van der Waals surface area contributed by atoms with Crippen molar-refractivity contribution in [1.29, 1.82) is 0 Å². The van der Waals surface area contributed by atoms with Gasteiger partial charge in [-0.1, -0.05) is 12.1 Å². The number of aromatic nitrogens is 2. The molecule has 0 bridgehead atoms. The maximum atomic E-state index is 12.2. The fourth-order valence-corrected chi connectivity index (χ4v) is 2.72. The highest BCUT2D eigenvalue weighted by Crippen LogP contribution is 2.12. The molecule has 2 aromatic rings. The Morgan fingerprint density at radius 1 is 1.35 bits per heavy atom. The van der Waals surface area contributed by atoms with E-state index >= 15 is 0 Å². The third-order valence-electron chi connectivity index (χ3n) is 3.90. The highest BCUT2D eigenvalue weighted by Gasteiger charge is 2.16. The van der Waals surface area contributed by atoms with Crippen LogP contribution in [0.25, 0.3) is 0 Å². The number of hydrogen-bond acceptors (Lipinski definition) is 4. The van der Waals surface area contributed by atoms with E-state index in [-0.39, 0.29) is 12.0 Å². The summed E-state index contributed by atoms with van der Waals surface area (Å²) >= 11 is 0. The van der Waals surface area contributed by atoms with Crippen molar-refractivity contribution in [3.63, 3.8) is 0 Å². The molecule has 23 heavy (non-hydrogen) atoms. The Bertz CT molecular complexity index is 665. The molecule has 2 heterocycles. The van der Waals surface area contributed by atoms with Crippen LogP contribution in [0.5, 0.6) is 0 Å². The van der Waals surface area contributed by atoms with Crippen molar-refractivity contribution in [2.75, 3.05) is 25.0 Å². The average molecular weight is 314 g/mol. The van der Waals surface area contributed by atoms with E-state index in [1.54, 1.807) is 16.9 Å². The van der Waals surface area contributed by atoms with Gasteiger partial charge in [-0.05, 0) is 24.6 Å². The molecule has 3 rings (SSSR count). The lowest BCUT2D eigenvalue weighted by atomic mass is 10.1. The molecule has 1 fully saturated rings. The molecule has 122 valence electrons. The van der Waals surface area contributed by atoms with Crippen molar-refractivity contribution in [2.24, 2.45) is 7.05 Å². The molecule has 1 aliphatic heterocycles. The smallest absolute Gasteiger partial charge is 0.256 e. The molecule has 1 amide bonds. The van der Waals surface area contributed by atoms with E-state index in [9.17, 15) is 4.79 Å². The van der Waals surface area contributed by atoms with Crippen molar-refractivity contribution in [3.8, 4) is 0 Å². The molecule has 1 atom stereocenters. The van der Waals surface area contributed by atoms with Crippen LogP contribution in [0.15, 0.2) is 36.5 Å². The van der Waals surface area contributed by atoms with Crippen LogP contribution in [0, 0.1) is 0 Å². The Hall–Kier alpha value is -2.18. The highest BCUT2D eigenvalue weighted by atomic mass is 16.5. The minimum absolute atomic E-state index is 0.143. The number of anilines is 1. The summed E-state index contributed by atoms with van der Waals surface area (Å²) in [5.74, 6) is 0.416. The topological polar surface area (TPSA) is 59.4 Å². The molecule has 6 heteroatoms. The Labute approximate surface area is 136 Å². The van der Waals surface area contributed by atoms with Crippen LogP contribution < -0.4 is 5.32 Å². The van der Waals surface area contributed by atoms with Crippen LogP contribution in [0.1, 0.15) is 22.8 Å². The molecular formula is C17H22N4O2. The molecule has 0 aliphatic carbocycles. The van der Waals surface area contributed by atoms with Gasteiger partial charge in [-0.15, -0.1) is 0 Å². The van der Waals surface area contributed by atoms with Crippen molar-refractivity contribution >= 4 is 11.7 Å². The summed E-state index contributed by atoms with van der Waals surface area (Å²) in [4.78, 5) is 14.6. The van der Waals surface area contributed by atoms with Crippen molar-refractivity contribution in [3.05, 3.63) is 47.7 Å². The Morgan fingerprint density at radius 3 is 2.78 bits per heavy atom. The molecule has 1 aliphatic rings. The van der Waals surface area contributed by atoms with E-state index in [1.807, 2.05) is 31.3 Å². The summed E-state index contributed by atoms with van der Waals surface area (Å²) in [6, 6.07) is 9.50. The zero-order chi connectivity index (χ0) is 16.2. The zero-order valence-electron chi connectivity index (χ0n) is 13.5. The SMILES string of the molecule is CC1CN(Cc2ccc(C(=O)Nc3ccn(C)n3)cc2)CCO1. The van der Waals surface area contributed by atoms with Gasteiger partial charge in [-0.2, -0.15) is 5.10 Å². The lowest BCUT2D eigenvalue weighted by Gasteiger charge is -2.31. The summed E-state index contributed by atoms with van der Waals surface area (Å²) in [5.41, 5.74) is 1.84. The second-order valence-corrected chi connectivity index (χ2v) is 5.94. The molecule has 0 radical (unpaired) electrons. The van der Waals surface area contributed by atoms with Gasteiger partial charge < -0.3 is 10.1 Å². The number of morpholine rings is 1. The van der Waals surface area contributed by atoms with E-state index in [1.165, 1.54) is 5.56 Å². The van der Waals surface area contributed by atoms with E-state index in [2.05, 4.69) is 22.2 Å². The molecular weight excluding hydrogens is 292 g/mol. The van der Waals surface area contributed by atoms with Crippen molar-refractivity contribution in [2.45, 2.75) is 19.6 Å². The number of ether oxygens (including phenoxy) is 1. The van der Waals surface area contributed by atoms with Crippen LogP contribution in [0.4, 0.5) is 5.82 Å². The van der Waals surface area contributed by atoms with Crippen molar-refractivity contribution in [1.82, 2.24) is 14.7 Å². The van der Waals surface area contributed by atoms with Crippen LogP contribution in [0.3, 0.4) is 0 Å². The Balaban J connectivity index is 1.59. The van der Waals surface area contributed by atoms with Gasteiger partial charge in [-0.25, -0.2) is 0 Å². The monoisotopic (exact) mass is 314 g/mol. The third kappa shape index (κ3) is 4.18. The van der Waals surface area contributed by atoms with Crippen LogP contribution >= 0.6 is 0 Å². The number of nitrogens with one attached hydrogen (secondary N) is 1. The molecule has 1 N–H and O–H groups in total. The van der Waals surface area contributed by atoms with Crippen LogP contribution in [-0.4, -0.2) is 46.4 Å². The van der Waals surface area contributed by atoms with E-state index in [0.717, 1.165) is 26.2 Å². The second-order valence-electron chi connectivity index (χ2n) is 5.94. The Kier molecular flexibility index (Phi) is 4.73. The minimum Gasteiger partial charge on any atom is -0.376 e. The largest absolute Gasteiger partial charge is 0.376 e. The number of aryl methyl sites for hydroxylation is 1. The molecule has 0 saturated carbocycles. The normalized spacial score (nSPS) is 18.8. The number of amides is 1. The Morgan fingerprint density at radius 2 is 2.13 bits per heavy atom. The molecule has 1 saturated heterocycles. The highest BCUT2D eigenvalue weighted by molar-refractivity contribution is 6.03. The lowest BCUT2D eigenvalue weighted by molar-refractivity contribution is -0.0212. The average Bonchev–Trinajstić information content (AvgIpc) is 2.93. The summed E-state index contributed by atoms with van der Waals surface area (Å²) < 4.78 is 7.21. The molecule has 6 nitrogen and oxygen atoms in total. The third-order valence-corrected chi connectivity index (χ3v) is 3.90. The fraction of sp³-hybridized carbons (Fsp3) is 0.412. The summed E-state index contributed by atoms with van der Waals surface area (Å²) in [6.07, 6.45) is 2.08. The quantitative estimate of drug-likeness (QED) is 0.936. The van der Waals surface area contributed by atoms with Gasteiger partial charge in [0, 0.05) is 44.5 Å². The minimum atomic E-state index is -0.143. The fourth-order valence-electron chi connectivity index (χ4n) is 2.72. The summed E-state index contributed by atoms with van der Waals surface area (Å²) in [7, 11) is 1.82. The first-order valence-electron chi connectivity index (χ1n) is 7.84. The van der Waals surface area contributed by atoms with Gasteiger partial charge in [0.15, 0.2) is 5.82 Å². The molecule has 1 aromatic heterocycles. The number of benzene rings is 1. The van der Waals surface area contributed by atoms with E-state index < -0.39 is 0 Å². The standard InChI is InChI=1S/C17H22N4O2/c1-13-11-21(9-10-23-13)12-14-3-5-15(6-4-14)17(22)18-16-7-8-20(2)19-16/h3-8,13H,9-12H2,1-2H3,(H,18,19,22). The van der Waals surface area contributed by atoms with Gasteiger partial charge >= 0.3 is 0 Å². The van der Waals surface area contributed by atoms with Gasteiger partial charge in [0.2, 0.25) is 0 Å². The van der Waals surface area contributed by atoms with Gasteiger partial charge in [0.1, 0.15) is 0 Å². The number of carbonyl (C=O) groups is 1. The maximum absolute atomic E-state index is 12.2. The van der Waals surface area contributed by atoms with E-state index in [4.69, 9.17) is 4.74 Å². The first-order chi connectivity index (χ1) is 11.1. The number of carbonyl (C=O) groups excluding carboxylic acids is 1. The second kappa shape index (κ2) is 6.93.